The minimum atomic E-state index is -0.152. The van der Waals surface area contributed by atoms with Gasteiger partial charge in [-0.1, -0.05) is 31.2 Å². The zero-order valence-corrected chi connectivity index (χ0v) is 11.7. The second-order valence-electron chi connectivity index (χ2n) is 4.87. The molecule has 0 amide bonds. The van der Waals surface area contributed by atoms with Gasteiger partial charge in [-0.05, 0) is 60.8 Å². The molecule has 0 spiro atoms. The summed E-state index contributed by atoms with van der Waals surface area (Å²) >= 11 is 0. The van der Waals surface area contributed by atoms with E-state index in [1.54, 1.807) is 6.92 Å². The second-order valence-corrected chi connectivity index (χ2v) is 4.87. The fourth-order valence-electron chi connectivity index (χ4n) is 2.24. The molecule has 0 radical (unpaired) electrons. The zero-order chi connectivity index (χ0) is 13.8. The lowest BCUT2D eigenvalue weighted by molar-refractivity contribution is 0.598. The van der Waals surface area contributed by atoms with Gasteiger partial charge in [-0.2, -0.15) is 0 Å². The van der Waals surface area contributed by atoms with Crippen molar-refractivity contribution < 1.29 is 4.39 Å². The van der Waals surface area contributed by atoms with Crippen molar-refractivity contribution in [3.05, 3.63) is 59.4 Å². The Balaban J connectivity index is 2.34. The van der Waals surface area contributed by atoms with Crippen LogP contribution in [0.3, 0.4) is 0 Å². The molecule has 0 bridgehead atoms. The summed E-state index contributed by atoms with van der Waals surface area (Å²) in [5.41, 5.74) is 4.12. The highest BCUT2D eigenvalue weighted by atomic mass is 19.1. The summed E-state index contributed by atoms with van der Waals surface area (Å²) in [6, 6.07) is 14.0. The maximum absolute atomic E-state index is 13.3. The molecule has 0 aliphatic heterocycles. The van der Waals surface area contributed by atoms with Crippen LogP contribution in [0.15, 0.2) is 42.5 Å². The number of hydrogen-bond acceptors (Lipinski definition) is 1. The van der Waals surface area contributed by atoms with Gasteiger partial charge in [-0.3, -0.25) is 0 Å². The molecule has 0 saturated heterocycles. The molecule has 0 heterocycles. The molecule has 1 unspecified atom stereocenters. The summed E-state index contributed by atoms with van der Waals surface area (Å²) in [5, 5.41) is 3.40. The summed E-state index contributed by atoms with van der Waals surface area (Å²) < 4.78 is 13.3. The Hall–Kier alpha value is -1.67. The lowest BCUT2D eigenvalue weighted by Gasteiger charge is -2.14. The maximum Gasteiger partial charge on any atom is 0.126 e. The average molecular weight is 257 g/mol. The fraction of sp³-hybridized carbons (Fsp3) is 0.294. The van der Waals surface area contributed by atoms with Crippen LogP contribution in [0.5, 0.6) is 0 Å². The normalized spacial score (nSPS) is 12.4. The lowest BCUT2D eigenvalue weighted by Crippen LogP contribution is -2.17. The standard InChI is InChI=1S/C17H20FN/c1-4-19-13(3)14-6-5-7-15(11-14)16-8-9-17(18)12(2)10-16/h5-11,13,19H,4H2,1-3H3. The molecule has 1 nitrogen and oxygen atoms in total. The van der Waals surface area contributed by atoms with E-state index in [0.29, 0.717) is 11.6 Å². The van der Waals surface area contributed by atoms with Crippen molar-refractivity contribution in [3.63, 3.8) is 0 Å². The van der Waals surface area contributed by atoms with Gasteiger partial charge in [-0.15, -0.1) is 0 Å². The molecule has 2 aromatic carbocycles. The molecule has 1 atom stereocenters. The van der Waals surface area contributed by atoms with Crippen molar-refractivity contribution in [3.8, 4) is 11.1 Å². The monoisotopic (exact) mass is 257 g/mol. The van der Waals surface area contributed by atoms with Gasteiger partial charge in [0.1, 0.15) is 5.82 Å². The van der Waals surface area contributed by atoms with Crippen LogP contribution in [0.4, 0.5) is 4.39 Å². The van der Waals surface area contributed by atoms with Gasteiger partial charge in [0.05, 0.1) is 0 Å². The van der Waals surface area contributed by atoms with Gasteiger partial charge in [0.25, 0.3) is 0 Å². The smallest absolute Gasteiger partial charge is 0.126 e. The van der Waals surface area contributed by atoms with Crippen LogP contribution in [0.25, 0.3) is 11.1 Å². The topological polar surface area (TPSA) is 12.0 Å². The molecule has 0 aromatic heterocycles. The number of aryl methyl sites for hydroxylation is 1. The SMILES string of the molecule is CCNC(C)c1cccc(-c2ccc(F)c(C)c2)c1. The van der Waals surface area contributed by atoms with E-state index in [1.165, 1.54) is 11.6 Å². The Bertz CT molecular complexity index is 563. The van der Waals surface area contributed by atoms with Crippen molar-refractivity contribution in [2.75, 3.05) is 6.54 Å². The number of benzene rings is 2. The number of rotatable bonds is 4. The Morgan fingerprint density at radius 3 is 2.53 bits per heavy atom. The first-order valence-electron chi connectivity index (χ1n) is 6.71. The highest BCUT2D eigenvalue weighted by Gasteiger charge is 2.06. The van der Waals surface area contributed by atoms with Crippen molar-refractivity contribution in [1.82, 2.24) is 5.32 Å². The molecule has 100 valence electrons. The Kier molecular flexibility index (Phi) is 4.33. The van der Waals surface area contributed by atoms with Crippen molar-refractivity contribution in [2.24, 2.45) is 0 Å². The number of hydrogen-bond donors (Lipinski definition) is 1. The molecule has 2 heteroatoms. The van der Waals surface area contributed by atoms with E-state index in [-0.39, 0.29) is 5.82 Å². The van der Waals surface area contributed by atoms with Crippen molar-refractivity contribution in [1.29, 1.82) is 0 Å². The third kappa shape index (κ3) is 3.21. The first-order valence-corrected chi connectivity index (χ1v) is 6.71. The van der Waals surface area contributed by atoms with Gasteiger partial charge in [0, 0.05) is 6.04 Å². The third-order valence-electron chi connectivity index (χ3n) is 3.39. The van der Waals surface area contributed by atoms with E-state index in [2.05, 4.69) is 43.4 Å². The quantitative estimate of drug-likeness (QED) is 0.852. The Labute approximate surface area is 114 Å². The van der Waals surface area contributed by atoms with Crippen LogP contribution in [0.2, 0.25) is 0 Å². The van der Waals surface area contributed by atoms with Crippen LogP contribution in [0, 0.1) is 12.7 Å². The molecule has 2 rings (SSSR count). The van der Waals surface area contributed by atoms with Gasteiger partial charge in [-0.25, -0.2) is 4.39 Å². The molecule has 19 heavy (non-hydrogen) atoms. The molecule has 2 aromatic rings. The predicted molar refractivity (Wildman–Crippen MR) is 78.7 cm³/mol. The minimum absolute atomic E-state index is 0.152. The molecule has 0 aliphatic carbocycles. The average Bonchev–Trinajstić information content (AvgIpc) is 2.42. The fourth-order valence-corrected chi connectivity index (χ4v) is 2.24. The lowest BCUT2D eigenvalue weighted by atomic mass is 9.99. The first-order chi connectivity index (χ1) is 9.11. The van der Waals surface area contributed by atoms with E-state index in [4.69, 9.17) is 0 Å². The summed E-state index contributed by atoms with van der Waals surface area (Å²) in [7, 11) is 0. The Morgan fingerprint density at radius 1 is 1.11 bits per heavy atom. The predicted octanol–water partition coefficient (Wildman–Crippen LogP) is 4.47. The van der Waals surface area contributed by atoms with E-state index in [0.717, 1.165) is 17.7 Å². The van der Waals surface area contributed by atoms with E-state index in [1.807, 2.05) is 12.1 Å². The molecule has 0 fully saturated rings. The molecule has 1 N–H and O–H groups in total. The summed E-state index contributed by atoms with van der Waals surface area (Å²) in [6.45, 7) is 6.99. The van der Waals surface area contributed by atoms with E-state index < -0.39 is 0 Å². The first kappa shape index (κ1) is 13.8. The number of halogens is 1. The zero-order valence-electron chi connectivity index (χ0n) is 11.7. The summed E-state index contributed by atoms with van der Waals surface area (Å²) in [4.78, 5) is 0. The van der Waals surface area contributed by atoms with E-state index >= 15 is 0 Å². The summed E-state index contributed by atoms with van der Waals surface area (Å²) in [6.07, 6.45) is 0. The van der Waals surface area contributed by atoms with Gasteiger partial charge < -0.3 is 5.32 Å². The van der Waals surface area contributed by atoms with Crippen LogP contribution in [0.1, 0.15) is 31.0 Å². The van der Waals surface area contributed by atoms with Crippen LogP contribution < -0.4 is 5.32 Å². The van der Waals surface area contributed by atoms with E-state index in [9.17, 15) is 4.39 Å². The number of nitrogens with one attached hydrogen (secondary N) is 1. The van der Waals surface area contributed by atoms with Gasteiger partial charge in [0.15, 0.2) is 0 Å². The molecular weight excluding hydrogens is 237 g/mol. The molecule has 0 aliphatic rings. The second kappa shape index (κ2) is 5.98. The van der Waals surface area contributed by atoms with Crippen LogP contribution in [-0.4, -0.2) is 6.54 Å². The largest absolute Gasteiger partial charge is 0.310 e. The van der Waals surface area contributed by atoms with Crippen molar-refractivity contribution >= 4 is 0 Å². The minimum Gasteiger partial charge on any atom is -0.310 e. The molecule has 0 saturated carbocycles. The third-order valence-corrected chi connectivity index (χ3v) is 3.39. The maximum atomic E-state index is 13.3. The van der Waals surface area contributed by atoms with Gasteiger partial charge in [0.2, 0.25) is 0 Å². The van der Waals surface area contributed by atoms with Crippen molar-refractivity contribution in [2.45, 2.75) is 26.8 Å². The van der Waals surface area contributed by atoms with Crippen LogP contribution >= 0.6 is 0 Å². The Morgan fingerprint density at radius 2 is 1.84 bits per heavy atom. The van der Waals surface area contributed by atoms with Crippen LogP contribution in [-0.2, 0) is 0 Å². The molecular formula is C17H20FN. The highest BCUT2D eigenvalue weighted by molar-refractivity contribution is 5.65. The summed E-state index contributed by atoms with van der Waals surface area (Å²) in [5.74, 6) is -0.152. The highest BCUT2D eigenvalue weighted by Crippen LogP contribution is 2.24. The van der Waals surface area contributed by atoms with Gasteiger partial charge >= 0.3 is 0 Å².